The number of ether oxygens (including phenoxy) is 1. The zero-order valence-corrected chi connectivity index (χ0v) is 9.83. The van der Waals surface area contributed by atoms with Gasteiger partial charge in [-0.1, -0.05) is 17.3 Å². The molecule has 1 aliphatic carbocycles. The molecule has 1 rings (SSSR count). The first-order chi connectivity index (χ1) is 8.69. The highest BCUT2D eigenvalue weighted by Crippen LogP contribution is 2.20. The summed E-state index contributed by atoms with van der Waals surface area (Å²) in [6.07, 6.45) is 5.00. The number of hydrogen-bond acceptors (Lipinski definition) is 6. The number of nitroso groups, excluding NO2 is 1. The van der Waals surface area contributed by atoms with Gasteiger partial charge in [0.05, 0.1) is 0 Å². The Morgan fingerprint density at radius 3 is 3.00 bits per heavy atom. The van der Waals surface area contributed by atoms with Crippen LogP contribution in [0.25, 0.3) is 0 Å². The van der Waals surface area contributed by atoms with Crippen LogP contribution >= 0.6 is 0 Å². The molecule has 0 spiro atoms. The van der Waals surface area contributed by atoms with Gasteiger partial charge in [-0.3, -0.25) is 0 Å². The molecule has 0 aromatic heterocycles. The van der Waals surface area contributed by atoms with Gasteiger partial charge in [-0.05, 0) is 24.8 Å². The van der Waals surface area contributed by atoms with Crippen molar-refractivity contribution in [2.75, 3.05) is 13.2 Å². The fourth-order valence-corrected chi connectivity index (χ4v) is 1.56. The maximum Gasteiger partial charge on any atom is 0.349 e. The van der Waals surface area contributed by atoms with Gasteiger partial charge < -0.3 is 9.84 Å². The highest BCUT2D eigenvalue weighted by Gasteiger charge is 2.18. The summed E-state index contributed by atoms with van der Waals surface area (Å²) in [5.74, 6) is -0.774. The molecule has 0 heterocycles. The third-order valence-electron chi connectivity index (χ3n) is 2.47. The molecule has 1 atom stereocenters. The van der Waals surface area contributed by atoms with Crippen LogP contribution in [-0.4, -0.2) is 30.3 Å². The molecule has 18 heavy (non-hydrogen) atoms. The van der Waals surface area contributed by atoms with E-state index in [1.807, 2.05) is 12.1 Å². The lowest BCUT2D eigenvalue weighted by molar-refractivity contribution is -0.141. The monoisotopic (exact) mass is 250 g/mol. The Bertz CT molecular complexity index is 420. The molecule has 0 saturated carbocycles. The van der Waals surface area contributed by atoms with Gasteiger partial charge in [-0.2, -0.15) is 10.2 Å². The number of nitriles is 1. The molecule has 0 radical (unpaired) electrons. The molecule has 6 nitrogen and oxygen atoms in total. The van der Waals surface area contributed by atoms with Crippen molar-refractivity contribution in [1.82, 2.24) is 0 Å². The molecule has 6 heteroatoms. The zero-order chi connectivity index (χ0) is 13.4. The number of hydrogen-bond donors (Lipinski definition) is 1. The molecule has 0 fully saturated rings. The zero-order valence-electron chi connectivity index (χ0n) is 9.83. The van der Waals surface area contributed by atoms with Crippen molar-refractivity contribution in [3.63, 3.8) is 0 Å². The van der Waals surface area contributed by atoms with E-state index in [1.54, 1.807) is 6.08 Å². The Balaban J connectivity index is 2.63. The van der Waals surface area contributed by atoms with Crippen molar-refractivity contribution in [3.05, 3.63) is 28.2 Å². The summed E-state index contributed by atoms with van der Waals surface area (Å²) in [5.41, 5.74) is 0.606. The fourth-order valence-electron chi connectivity index (χ4n) is 1.56. The maximum atomic E-state index is 11.6. The number of esters is 1. The van der Waals surface area contributed by atoms with E-state index >= 15 is 0 Å². The molecule has 0 aromatic carbocycles. The number of carbonyl (C=O) groups is 1. The van der Waals surface area contributed by atoms with Crippen LogP contribution in [0.15, 0.2) is 28.5 Å². The first-order valence-electron chi connectivity index (χ1n) is 5.63. The third kappa shape index (κ3) is 4.11. The molecule has 96 valence electrons. The number of aliphatic hydroxyl groups excluding tert-OH is 1. The van der Waals surface area contributed by atoms with E-state index in [4.69, 9.17) is 10.00 Å². The van der Waals surface area contributed by atoms with Crippen LogP contribution < -0.4 is 0 Å². The van der Waals surface area contributed by atoms with Gasteiger partial charge in [0.2, 0.25) is 0 Å². The van der Waals surface area contributed by atoms with Gasteiger partial charge in [0, 0.05) is 0 Å². The number of nitrogens with zero attached hydrogens (tertiary/aromatic N) is 2. The lowest BCUT2D eigenvalue weighted by atomic mass is 9.97. The first-order valence-corrected chi connectivity index (χ1v) is 5.63. The molecule has 1 N–H and O–H groups in total. The van der Waals surface area contributed by atoms with Crippen molar-refractivity contribution in [2.45, 2.75) is 25.4 Å². The predicted octanol–water partition coefficient (Wildman–Crippen LogP) is 1.22. The summed E-state index contributed by atoms with van der Waals surface area (Å²) >= 11 is 0. The predicted molar refractivity (Wildman–Crippen MR) is 63.3 cm³/mol. The molecule has 0 aromatic rings. The van der Waals surface area contributed by atoms with Gasteiger partial charge >= 0.3 is 5.97 Å². The van der Waals surface area contributed by atoms with Crippen molar-refractivity contribution in [3.8, 4) is 6.07 Å². The van der Waals surface area contributed by atoms with Crippen LogP contribution in [0.2, 0.25) is 0 Å². The summed E-state index contributed by atoms with van der Waals surface area (Å²) in [5, 5.41) is 20.6. The SMILES string of the molecule is N#C/C(C(=O)OCC(O)CN=O)=C1/C=CCCC1. The molecule has 0 amide bonds. The molecule has 1 aliphatic rings. The number of rotatable bonds is 5. The van der Waals surface area contributed by atoms with Crippen molar-refractivity contribution < 1.29 is 14.6 Å². The average Bonchev–Trinajstić information content (AvgIpc) is 2.39. The Morgan fingerprint density at radius 2 is 2.44 bits per heavy atom. The second-order valence-electron chi connectivity index (χ2n) is 3.87. The Hall–Kier alpha value is -2.00. The summed E-state index contributed by atoms with van der Waals surface area (Å²) in [6.45, 7) is -0.682. The smallest absolute Gasteiger partial charge is 0.349 e. The lowest BCUT2D eigenvalue weighted by Gasteiger charge is -2.11. The van der Waals surface area contributed by atoms with Crippen LogP contribution in [0.4, 0.5) is 0 Å². The summed E-state index contributed by atoms with van der Waals surface area (Å²) in [6, 6.07) is 1.81. The van der Waals surface area contributed by atoms with Crippen LogP contribution in [0.5, 0.6) is 0 Å². The second kappa shape index (κ2) is 7.35. The second-order valence-corrected chi connectivity index (χ2v) is 3.87. The van der Waals surface area contributed by atoms with E-state index in [2.05, 4.69) is 5.18 Å². The highest BCUT2D eigenvalue weighted by atomic mass is 16.5. The number of aliphatic hydroxyl groups is 1. The van der Waals surface area contributed by atoms with Crippen molar-refractivity contribution in [1.29, 1.82) is 5.26 Å². The molecule has 0 aliphatic heterocycles. The van der Waals surface area contributed by atoms with E-state index in [9.17, 15) is 14.8 Å². The topological polar surface area (TPSA) is 99.8 Å². The largest absolute Gasteiger partial charge is 0.459 e. The Kier molecular flexibility index (Phi) is 5.74. The van der Waals surface area contributed by atoms with Crippen molar-refractivity contribution in [2.24, 2.45) is 5.18 Å². The normalized spacial score (nSPS) is 18.7. The molecular weight excluding hydrogens is 236 g/mol. The number of carbonyl (C=O) groups excluding carboxylic acids is 1. The first kappa shape index (κ1) is 14.1. The van der Waals surface area contributed by atoms with Gasteiger partial charge in [-0.15, -0.1) is 0 Å². The number of allylic oxidation sites excluding steroid dienone is 3. The maximum absolute atomic E-state index is 11.6. The van der Waals surface area contributed by atoms with Crippen molar-refractivity contribution >= 4 is 5.97 Å². The standard InChI is InChI=1S/C12H14N2O4/c13-6-11(9-4-2-1-3-5-9)12(16)18-8-10(15)7-14-17/h2,4,10,15H,1,3,5,7-8H2/b11-9+. The average molecular weight is 250 g/mol. The molecule has 1 unspecified atom stereocenters. The molecule has 0 saturated heterocycles. The van der Waals surface area contributed by atoms with E-state index in [-0.39, 0.29) is 18.7 Å². The van der Waals surface area contributed by atoms with Crippen LogP contribution in [-0.2, 0) is 9.53 Å². The Labute approximate surface area is 105 Å². The summed E-state index contributed by atoms with van der Waals surface area (Å²) in [7, 11) is 0. The lowest BCUT2D eigenvalue weighted by Crippen LogP contribution is -2.22. The highest BCUT2D eigenvalue weighted by molar-refractivity contribution is 5.94. The van der Waals surface area contributed by atoms with Crippen LogP contribution in [0.1, 0.15) is 19.3 Å². The van der Waals surface area contributed by atoms with E-state index in [0.29, 0.717) is 12.0 Å². The molecular formula is C12H14N2O4. The summed E-state index contributed by atoms with van der Waals surface area (Å²) < 4.78 is 4.76. The van der Waals surface area contributed by atoms with E-state index < -0.39 is 12.1 Å². The van der Waals surface area contributed by atoms with Gasteiger partial charge in [0.25, 0.3) is 0 Å². The van der Waals surface area contributed by atoms with Crippen LogP contribution in [0.3, 0.4) is 0 Å². The minimum atomic E-state index is -1.13. The minimum absolute atomic E-state index is 0.0442. The van der Waals surface area contributed by atoms with E-state index in [0.717, 1.165) is 12.8 Å². The van der Waals surface area contributed by atoms with Gasteiger partial charge in [-0.25, -0.2) is 4.79 Å². The minimum Gasteiger partial charge on any atom is -0.459 e. The molecule has 0 bridgehead atoms. The summed E-state index contributed by atoms with van der Waals surface area (Å²) in [4.78, 5) is 21.5. The van der Waals surface area contributed by atoms with E-state index in [1.165, 1.54) is 0 Å². The van der Waals surface area contributed by atoms with Gasteiger partial charge in [0.15, 0.2) is 0 Å². The quantitative estimate of drug-likeness (QED) is 0.342. The fraction of sp³-hybridized carbons (Fsp3) is 0.500. The van der Waals surface area contributed by atoms with Crippen LogP contribution in [0, 0.1) is 16.2 Å². The third-order valence-corrected chi connectivity index (χ3v) is 2.47. The Morgan fingerprint density at radius 1 is 1.67 bits per heavy atom. The van der Waals surface area contributed by atoms with Gasteiger partial charge in [0.1, 0.15) is 30.9 Å².